The number of aromatic hydroxyl groups is 1. The van der Waals surface area contributed by atoms with E-state index in [1.807, 2.05) is 12.1 Å². The number of nitrogens with one attached hydrogen (secondary N) is 4. The molecule has 0 radical (unpaired) electrons. The van der Waals surface area contributed by atoms with E-state index in [9.17, 15) is 14.7 Å². The summed E-state index contributed by atoms with van der Waals surface area (Å²) in [5.74, 6) is 0.958. The van der Waals surface area contributed by atoms with Crippen LogP contribution in [0.1, 0.15) is 31.8 Å². The van der Waals surface area contributed by atoms with Crippen LogP contribution in [0.3, 0.4) is 0 Å². The summed E-state index contributed by atoms with van der Waals surface area (Å²) in [5.41, 5.74) is 7.00. The number of phenols is 1. The van der Waals surface area contributed by atoms with Gasteiger partial charge in [0.2, 0.25) is 0 Å². The summed E-state index contributed by atoms with van der Waals surface area (Å²) in [5, 5.41) is 18.3. The molecule has 8 aromatic rings. The fourth-order valence-electron chi connectivity index (χ4n) is 6.25. The average Bonchev–Trinajstić information content (AvgIpc) is 3.83. The van der Waals surface area contributed by atoms with Gasteiger partial charge in [0, 0.05) is 34.3 Å². The minimum atomic E-state index is -0.202. The predicted octanol–water partition coefficient (Wildman–Crippen LogP) is 12.0. The van der Waals surface area contributed by atoms with Crippen molar-refractivity contribution in [1.29, 1.82) is 0 Å². The molecule has 0 saturated heterocycles. The Hall–Kier alpha value is -5.26. The van der Waals surface area contributed by atoms with Crippen LogP contribution < -0.4 is 10.6 Å². The molecule has 15 heteroatoms. The van der Waals surface area contributed by atoms with Gasteiger partial charge in [0.15, 0.2) is 0 Å². The molecule has 0 bridgehead atoms. The van der Waals surface area contributed by atoms with E-state index in [4.69, 9.17) is 69.6 Å². The molecule has 6 aromatic carbocycles. The first-order valence-electron chi connectivity index (χ1n) is 18.1. The van der Waals surface area contributed by atoms with Gasteiger partial charge in [-0.2, -0.15) is 0 Å². The molecule has 0 aliphatic rings. The van der Waals surface area contributed by atoms with Crippen LogP contribution in [0.5, 0.6) is 5.75 Å². The monoisotopic (exact) mass is 902 g/mol. The van der Waals surface area contributed by atoms with Gasteiger partial charge in [0.1, 0.15) is 17.4 Å². The molecule has 298 valence electrons. The number of H-pyrrole nitrogens is 2. The van der Waals surface area contributed by atoms with Crippen LogP contribution in [-0.4, -0.2) is 49.9 Å². The van der Waals surface area contributed by atoms with Crippen LogP contribution in [0.15, 0.2) is 115 Å². The Bertz CT molecular complexity index is 2760. The predicted molar refractivity (Wildman–Crippen MR) is 240 cm³/mol. The summed E-state index contributed by atoms with van der Waals surface area (Å²) in [6, 6.07) is 33.3. The number of hydrogen-bond donors (Lipinski definition) is 5. The van der Waals surface area contributed by atoms with Crippen molar-refractivity contribution in [3.8, 4) is 28.5 Å². The van der Waals surface area contributed by atoms with E-state index >= 15 is 0 Å². The fourth-order valence-corrected chi connectivity index (χ4v) is 7.99. The molecular weight excluding hydrogens is 873 g/mol. The second kappa shape index (κ2) is 18.8. The van der Waals surface area contributed by atoms with Gasteiger partial charge in [-0.15, -0.1) is 0 Å². The minimum absolute atomic E-state index is 0.169. The summed E-state index contributed by atoms with van der Waals surface area (Å²) in [7, 11) is 0. The third kappa shape index (κ3) is 9.96. The number of halogens is 6. The van der Waals surface area contributed by atoms with Crippen molar-refractivity contribution in [1.82, 2.24) is 30.6 Å². The zero-order chi connectivity index (χ0) is 41.6. The number of amides is 2. The molecule has 5 N–H and O–H groups in total. The number of rotatable bonds is 10. The molecule has 2 aromatic heterocycles. The zero-order valence-electron chi connectivity index (χ0n) is 30.7. The second-order valence-corrected chi connectivity index (χ2v) is 15.6. The smallest absolute Gasteiger partial charge is 0.251 e. The number of hydrogen-bond acceptors (Lipinski definition) is 5. The Morgan fingerprint density at radius 2 is 0.932 bits per heavy atom. The van der Waals surface area contributed by atoms with Crippen molar-refractivity contribution in [3.05, 3.63) is 168 Å². The molecule has 0 unspecified atom stereocenters. The zero-order valence-corrected chi connectivity index (χ0v) is 35.3. The summed E-state index contributed by atoms with van der Waals surface area (Å²) in [6.07, 6.45) is 1.21. The molecule has 0 aliphatic heterocycles. The van der Waals surface area contributed by atoms with Crippen LogP contribution in [0.2, 0.25) is 30.1 Å². The van der Waals surface area contributed by atoms with E-state index in [0.717, 1.165) is 22.2 Å². The number of carbonyl (C=O) groups is 2. The first-order valence-corrected chi connectivity index (χ1v) is 20.4. The van der Waals surface area contributed by atoms with E-state index in [2.05, 4.69) is 30.6 Å². The lowest BCUT2D eigenvalue weighted by Crippen LogP contribution is -2.25. The Balaban J connectivity index is 0.000000179. The molecule has 0 atom stereocenters. The maximum Gasteiger partial charge on any atom is 0.251 e. The van der Waals surface area contributed by atoms with E-state index in [0.29, 0.717) is 101 Å². The SMILES string of the molecule is O=C(NCCc1c(Cl)cccc1Cl)c1ccc2nc(-c3c(Cl)cccc3Cl)[nH]c2c1.O=C(NCCc1ccc(O)cc1)c1ccc2nc(-c3c(Cl)cccc3Cl)[nH]c2c1. The summed E-state index contributed by atoms with van der Waals surface area (Å²) in [6.45, 7) is 0.898. The number of phenolic OH excluding ortho intramolecular Hbond substituents is 1. The average molecular weight is 905 g/mol. The lowest BCUT2D eigenvalue weighted by Gasteiger charge is -2.08. The second-order valence-electron chi connectivity index (χ2n) is 13.2. The highest BCUT2D eigenvalue weighted by Gasteiger charge is 2.16. The van der Waals surface area contributed by atoms with Crippen LogP contribution >= 0.6 is 69.6 Å². The van der Waals surface area contributed by atoms with Gasteiger partial charge in [-0.05, 0) is 109 Å². The van der Waals surface area contributed by atoms with Crippen molar-refractivity contribution < 1.29 is 14.7 Å². The van der Waals surface area contributed by atoms with Crippen molar-refractivity contribution in [2.75, 3.05) is 13.1 Å². The maximum atomic E-state index is 12.6. The van der Waals surface area contributed by atoms with E-state index in [-0.39, 0.29) is 17.6 Å². The van der Waals surface area contributed by atoms with E-state index in [1.54, 1.807) is 103 Å². The van der Waals surface area contributed by atoms with Crippen molar-refractivity contribution in [2.24, 2.45) is 0 Å². The van der Waals surface area contributed by atoms with Gasteiger partial charge in [-0.3, -0.25) is 9.59 Å². The highest BCUT2D eigenvalue weighted by molar-refractivity contribution is 6.39. The fraction of sp³-hybridized carbons (Fsp3) is 0.0909. The molecule has 59 heavy (non-hydrogen) atoms. The van der Waals surface area contributed by atoms with Gasteiger partial charge in [0.05, 0.1) is 53.3 Å². The van der Waals surface area contributed by atoms with Crippen LogP contribution in [-0.2, 0) is 12.8 Å². The molecule has 2 heterocycles. The van der Waals surface area contributed by atoms with Gasteiger partial charge < -0.3 is 25.7 Å². The minimum Gasteiger partial charge on any atom is -0.508 e. The quantitative estimate of drug-likeness (QED) is 0.0931. The summed E-state index contributed by atoms with van der Waals surface area (Å²) in [4.78, 5) is 40.5. The summed E-state index contributed by atoms with van der Waals surface area (Å²) < 4.78 is 0. The highest BCUT2D eigenvalue weighted by atomic mass is 35.5. The number of imidazole rings is 2. The Morgan fingerprint density at radius 1 is 0.525 bits per heavy atom. The van der Waals surface area contributed by atoms with Gasteiger partial charge in [0.25, 0.3) is 11.8 Å². The van der Waals surface area contributed by atoms with Gasteiger partial charge in [-0.25, -0.2) is 9.97 Å². The van der Waals surface area contributed by atoms with Crippen LogP contribution in [0.25, 0.3) is 44.8 Å². The number of aromatic amines is 2. The molecular formula is C44H32Cl6N6O3. The van der Waals surface area contributed by atoms with Gasteiger partial charge in [-0.1, -0.05) is 99.9 Å². The van der Waals surface area contributed by atoms with Gasteiger partial charge >= 0.3 is 0 Å². The summed E-state index contributed by atoms with van der Waals surface area (Å²) >= 11 is 37.4. The lowest BCUT2D eigenvalue weighted by atomic mass is 10.1. The Labute approximate surface area is 368 Å². The number of nitrogens with zero attached hydrogens (tertiary/aromatic N) is 2. The van der Waals surface area contributed by atoms with Crippen molar-refractivity contribution in [3.63, 3.8) is 0 Å². The van der Waals surface area contributed by atoms with Crippen LogP contribution in [0.4, 0.5) is 0 Å². The molecule has 2 amide bonds. The normalized spacial score (nSPS) is 11.0. The maximum absolute atomic E-state index is 12.6. The molecule has 9 nitrogen and oxygen atoms in total. The topological polar surface area (TPSA) is 136 Å². The number of benzene rings is 6. The molecule has 0 aliphatic carbocycles. The third-order valence-electron chi connectivity index (χ3n) is 9.25. The van der Waals surface area contributed by atoms with Crippen molar-refractivity contribution >= 4 is 103 Å². The highest BCUT2D eigenvalue weighted by Crippen LogP contribution is 2.35. The van der Waals surface area contributed by atoms with E-state index in [1.165, 1.54) is 0 Å². The largest absolute Gasteiger partial charge is 0.508 e. The van der Waals surface area contributed by atoms with Crippen LogP contribution in [0, 0.1) is 0 Å². The molecule has 8 rings (SSSR count). The Kier molecular flexibility index (Phi) is 13.3. The first kappa shape index (κ1) is 41.9. The van der Waals surface area contributed by atoms with E-state index < -0.39 is 0 Å². The molecule has 0 saturated carbocycles. The van der Waals surface area contributed by atoms with Crippen molar-refractivity contribution in [2.45, 2.75) is 12.8 Å². The number of fused-ring (bicyclic) bond motifs is 2. The number of aromatic nitrogens is 4. The Morgan fingerprint density at radius 3 is 1.37 bits per heavy atom. The molecule has 0 spiro atoms. The third-order valence-corrected chi connectivity index (χ3v) is 11.2. The number of carbonyl (C=O) groups excluding carboxylic acids is 2. The lowest BCUT2D eigenvalue weighted by molar-refractivity contribution is 0.0946. The standard InChI is InChI=1S/C22H15Cl4N3O.C22H17Cl2N3O2/c23-14-3-1-4-15(24)13(14)9-10-27-22(30)12-7-8-18-19(11-12)29-21(28-18)20-16(25)5-2-6-17(20)26;23-16-2-1-3-17(24)20(16)21-26-18-9-6-14(12-19(18)27-21)22(29)25-11-10-13-4-7-15(28)8-5-13/h1-8,11H,9-10H2,(H,27,30)(H,28,29);1-9,12,28H,10-11H2,(H,25,29)(H,26,27). The first-order chi connectivity index (χ1) is 28.4. The molecule has 0 fully saturated rings.